The molecule has 6 atom stereocenters. The minimum Gasteiger partial charge on any atom is -0.497 e. The highest BCUT2D eigenvalue weighted by Gasteiger charge is 2.43. The molecule has 2 bridgehead atoms. The third-order valence-electron chi connectivity index (χ3n) is 7.98. The standard InChI is InChI=1S/C28H37N3O3/c1-7-17-15-31-11-10-18(17)12-24(31)26(33-6)21-14-23(27-30-25(16-34-27)28(2,3)4)29-22-9-8-19(32-5)13-20(21)22/h7-9,13-14,17-18,24-26H,1,10-12,15-16H2,2-6H3/t17-,18?,24+,25+,26+/m0/s1. The average Bonchev–Trinajstić information content (AvgIpc) is 3.35. The number of rotatable bonds is 6. The van der Waals surface area contributed by atoms with E-state index < -0.39 is 0 Å². The Hall–Kier alpha value is -2.44. The molecule has 0 spiro atoms. The van der Waals surface area contributed by atoms with Crippen molar-refractivity contribution in [3.05, 3.63) is 48.2 Å². The Morgan fingerprint density at radius 1 is 1.24 bits per heavy atom. The molecule has 5 heterocycles. The van der Waals surface area contributed by atoms with Crippen molar-refractivity contribution in [2.45, 2.75) is 51.8 Å². The summed E-state index contributed by atoms with van der Waals surface area (Å²) >= 11 is 0. The average molecular weight is 464 g/mol. The van der Waals surface area contributed by atoms with E-state index in [4.69, 9.17) is 24.2 Å². The quantitative estimate of drug-likeness (QED) is 0.563. The highest BCUT2D eigenvalue weighted by atomic mass is 16.5. The minimum absolute atomic E-state index is 0.0418. The minimum atomic E-state index is -0.0784. The Balaban J connectivity index is 1.59. The number of benzene rings is 1. The Morgan fingerprint density at radius 2 is 2.06 bits per heavy atom. The third kappa shape index (κ3) is 4.11. The van der Waals surface area contributed by atoms with Gasteiger partial charge in [0.15, 0.2) is 0 Å². The van der Waals surface area contributed by atoms with E-state index in [-0.39, 0.29) is 17.6 Å². The van der Waals surface area contributed by atoms with Gasteiger partial charge in [-0.15, -0.1) is 6.58 Å². The van der Waals surface area contributed by atoms with Crippen molar-refractivity contribution in [2.75, 3.05) is 33.9 Å². The van der Waals surface area contributed by atoms with Crippen molar-refractivity contribution in [3.8, 4) is 5.75 Å². The lowest BCUT2D eigenvalue weighted by Crippen LogP contribution is -2.55. The van der Waals surface area contributed by atoms with Crippen LogP contribution in [0.1, 0.15) is 51.0 Å². The van der Waals surface area contributed by atoms with Crippen LogP contribution in [0.15, 0.2) is 41.9 Å². The van der Waals surface area contributed by atoms with Crippen molar-refractivity contribution in [1.82, 2.24) is 9.88 Å². The number of piperidine rings is 3. The Labute approximate surface area is 203 Å². The molecule has 34 heavy (non-hydrogen) atoms. The summed E-state index contributed by atoms with van der Waals surface area (Å²) in [6.45, 7) is 13.4. The molecule has 0 aliphatic carbocycles. The summed E-state index contributed by atoms with van der Waals surface area (Å²) in [6.07, 6.45) is 4.41. The molecular weight excluding hydrogens is 426 g/mol. The Bertz CT molecular complexity index is 1110. The molecule has 2 unspecified atom stereocenters. The molecular formula is C28H37N3O3. The summed E-state index contributed by atoms with van der Waals surface area (Å²) in [5, 5.41) is 1.06. The molecule has 4 aliphatic rings. The second kappa shape index (κ2) is 8.97. The fraction of sp³-hybridized carbons (Fsp3) is 0.571. The van der Waals surface area contributed by atoms with E-state index in [2.05, 4.69) is 50.5 Å². The number of hydrogen-bond acceptors (Lipinski definition) is 6. The molecule has 3 fully saturated rings. The SMILES string of the molecule is C=C[C@H]1CN2CCC1C[C@@H]2[C@H](OC)c1cc(C2=N[C@@H](C(C)(C)C)CO2)nc2ccc(OC)cc12. The summed E-state index contributed by atoms with van der Waals surface area (Å²) in [5.74, 6) is 2.69. The zero-order valence-corrected chi connectivity index (χ0v) is 21.1. The molecule has 0 N–H and O–H groups in total. The van der Waals surface area contributed by atoms with Gasteiger partial charge in [0, 0.05) is 25.1 Å². The van der Waals surface area contributed by atoms with Gasteiger partial charge in [-0.25, -0.2) is 9.98 Å². The van der Waals surface area contributed by atoms with Crippen molar-refractivity contribution in [2.24, 2.45) is 22.2 Å². The van der Waals surface area contributed by atoms with Gasteiger partial charge >= 0.3 is 0 Å². The summed E-state index contributed by atoms with van der Waals surface area (Å²) in [6, 6.07) is 8.62. The van der Waals surface area contributed by atoms with Crippen molar-refractivity contribution in [1.29, 1.82) is 0 Å². The van der Waals surface area contributed by atoms with Crippen LogP contribution in [0, 0.1) is 17.3 Å². The highest BCUT2D eigenvalue weighted by molar-refractivity contribution is 5.97. The van der Waals surface area contributed by atoms with Gasteiger partial charge in [0.05, 0.1) is 24.8 Å². The lowest BCUT2D eigenvalue weighted by Gasteiger charge is -2.51. The molecule has 6 rings (SSSR count). The van der Waals surface area contributed by atoms with Gasteiger partial charge < -0.3 is 14.2 Å². The lowest BCUT2D eigenvalue weighted by atomic mass is 9.73. The largest absolute Gasteiger partial charge is 0.497 e. The molecule has 1 aromatic carbocycles. The number of pyridine rings is 1. The fourth-order valence-corrected chi connectivity index (χ4v) is 5.84. The van der Waals surface area contributed by atoms with E-state index in [1.54, 1.807) is 7.11 Å². The van der Waals surface area contributed by atoms with Gasteiger partial charge in [-0.3, -0.25) is 4.90 Å². The second-order valence-corrected chi connectivity index (χ2v) is 11.0. The number of aromatic nitrogens is 1. The van der Waals surface area contributed by atoms with Gasteiger partial charge in [0.2, 0.25) is 5.90 Å². The third-order valence-corrected chi connectivity index (χ3v) is 7.98. The van der Waals surface area contributed by atoms with E-state index in [1.165, 1.54) is 6.42 Å². The summed E-state index contributed by atoms with van der Waals surface area (Å²) < 4.78 is 17.9. The van der Waals surface area contributed by atoms with Crippen LogP contribution in [-0.4, -0.2) is 61.8 Å². The number of hydrogen-bond donors (Lipinski definition) is 0. The summed E-state index contributed by atoms with van der Waals surface area (Å²) in [5.41, 5.74) is 2.85. The lowest BCUT2D eigenvalue weighted by molar-refractivity contribution is -0.0601. The first kappa shape index (κ1) is 23.3. The monoisotopic (exact) mass is 463 g/mol. The van der Waals surface area contributed by atoms with Gasteiger partial charge in [0.25, 0.3) is 0 Å². The van der Waals surface area contributed by atoms with Crippen LogP contribution in [0.3, 0.4) is 0 Å². The molecule has 0 saturated carbocycles. The summed E-state index contributed by atoms with van der Waals surface area (Å²) in [7, 11) is 3.52. The van der Waals surface area contributed by atoms with Crippen molar-refractivity contribution >= 4 is 16.8 Å². The molecule has 6 nitrogen and oxygen atoms in total. The maximum absolute atomic E-state index is 6.26. The molecule has 6 heteroatoms. The van der Waals surface area contributed by atoms with Gasteiger partial charge in [-0.1, -0.05) is 26.8 Å². The van der Waals surface area contributed by atoms with Crippen LogP contribution in [-0.2, 0) is 9.47 Å². The van der Waals surface area contributed by atoms with E-state index in [0.29, 0.717) is 30.4 Å². The van der Waals surface area contributed by atoms with Gasteiger partial charge in [-0.05, 0) is 66.5 Å². The van der Waals surface area contributed by atoms with E-state index in [1.807, 2.05) is 19.2 Å². The molecule has 3 saturated heterocycles. The molecule has 2 aromatic rings. The van der Waals surface area contributed by atoms with Gasteiger partial charge in [-0.2, -0.15) is 0 Å². The van der Waals surface area contributed by atoms with Gasteiger partial charge in [0.1, 0.15) is 18.1 Å². The molecule has 0 radical (unpaired) electrons. The van der Waals surface area contributed by atoms with Crippen LogP contribution in [0.25, 0.3) is 10.9 Å². The maximum Gasteiger partial charge on any atom is 0.235 e. The topological polar surface area (TPSA) is 56.2 Å². The predicted octanol–water partition coefficient (Wildman–Crippen LogP) is 5.02. The van der Waals surface area contributed by atoms with Crippen LogP contribution >= 0.6 is 0 Å². The zero-order valence-electron chi connectivity index (χ0n) is 21.1. The highest BCUT2D eigenvalue weighted by Crippen LogP contribution is 2.43. The maximum atomic E-state index is 6.26. The van der Waals surface area contributed by atoms with E-state index >= 15 is 0 Å². The first-order chi connectivity index (χ1) is 16.3. The van der Waals surface area contributed by atoms with Crippen LogP contribution in [0.2, 0.25) is 0 Å². The number of nitrogens with zero attached hydrogens (tertiary/aromatic N) is 3. The fourth-order valence-electron chi connectivity index (χ4n) is 5.84. The van der Waals surface area contributed by atoms with E-state index in [9.17, 15) is 0 Å². The molecule has 4 aliphatic heterocycles. The van der Waals surface area contributed by atoms with Crippen molar-refractivity contribution < 1.29 is 14.2 Å². The normalized spacial score (nSPS) is 29.6. The first-order valence-electron chi connectivity index (χ1n) is 12.4. The Kier molecular flexibility index (Phi) is 6.15. The summed E-state index contributed by atoms with van der Waals surface area (Å²) in [4.78, 5) is 12.5. The number of methoxy groups -OCH3 is 2. The first-order valence-corrected chi connectivity index (χ1v) is 12.4. The van der Waals surface area contributed by atoms with E-state index in [0.717, 1.165) is 47.4 Å². The molecule has 182 valence electrons. The molecule has 1 aromatic heterocycles. The number of ether oxygens (including phenoxy) is 3. The zero-order chi connectivity index (χ0) is 24.0. The van der Waals surface area contributed by atoms with Crippen molar-refractivity contribution in [3.63, 3.8) is 0 Å². The Morgan fingerprint density at radius 3 is 2.68 bits per heavy atom. The van der Waals surface area contributed by atoms with Crippen LogP contribution < -0.4 is 4.74 Å². The number of fused-ring (bicyclic) bond motifs is 4. The smallest absolute Gasteiger partial charge is 0.235 e. The van der Waals surface area contributed by atoms with Crippen LogP contribution in [0.5, 0.6) is 5.75 Å². The predicted molar refractivity (Wildman–Crippen MR) is 136 cm³/mol. The second-order valence-electron chi connectivity index (χ2n) is 11.0. The molecule has 0 amide bonds. The van der Waals surface area contributed by atoms with Crippen LogP contribution in [0.4, 0.5) is 0 Å². The number of aliphatic imine (C=N–C) groups is 1.